The second-order valence-electron chi connectivity index (χ2n) is 17.1. The van der Waals surface area contributed by atoms with Crippen molar-refractivity contribution in [3.8, 4) is 0 Å². The van der Waals surface area contributed by atoms with E-state index in [-0.39, 0.29) is 58.1 Å². The van der Waals surface area contributed by atoms with Gasteiger partial charge in [0.1, 0.15) is 6.73 Å². The van der Waals surface area contributed by atoms with Crippen molar-refractivity contribution < 1.29 is 5.11 Å². The van der Waals surface area contributed by atoms with E-state index >= 15 is 0 Å². The van der Waals surface area contributed by atoms with Gasteiger partial charge < -0.3 is 36.6 Å². The lowest BCUT2D eigenvalue weighted by Gasteiger charge is -2.49. The van der Waals surface area contributed by atoms with Crippen molar-refractivity contribution in [2.45, 2.75) is 173 Å². The summed E-state index contributed by atoms with van der Waals surface area (Å²) >= 11 is 0. The zero-order valence-electron chi connectivity index (χ0n) is 27.9. The first-order valence-electron chi connectivity index (χ1n) is 15.6. The maximum atomic E-state index is 10.7. The summed E-state index contributed by atoms with van der Waals surface area (Å²) in [5.74, 6) is 1.65. The van der Waals surface area contributed by atoms with Gasteiger partial charge in [-0.1, -0.05) is 0 Å². The van der Waals surface area contributed by atoms with Crippen molar-refractivity contribution >= 4 is 17.8 Å². The van der Waals surface area contributed by atoms with Crippen molar-refractivity contribution in [3.63, 3.8) is 0 Å². The molecule has 3 saturated heterocycles. The third kappa shape index (κ3) is 8.65. The van der Waals surface area contributed by atoms with Crippen LogP contribution in [0.2, 0.25) is 0 Å². The van der Waals surface area contributed by atoms with E-state index in [1.807, 2.05) is 4.90 Å². The van der Waals surface area contributed by atoms with Gasteiger partial charge in [0.05, 0.1) is 0 Å². The van der Waals surface area contributed by atoms with Crippen LogP contribution in [0.25, 0.3) is 0 Å². The van der Waals surface area contributed by atoms with Gasteiger partial charge >= 0.3 is 0 Å². The molecule has 0 amide bonds. The molecule has 1 aromatic heterocycles. The molecule has 10 nitrogen and oxygen atoms in total. The molecule has 0 saturated carbocycles. The molecule has 1 aromatic rings. The van der Waals surface area contributed by atoms with Gasteiger partial charge in [-0.2, -0.15) is 15.0 Å². The summed E-state index contributed by atoms with van der Waals surface area (Å²) in [7, 11) is 0. The number of rotatable bonds is 7. The molecule has 41 heavy (non-hydrogen) atoms. The van der Waals surface area contributed by atoms with E-state index < -0.39 is 0 Å². The van der Waals surface area contributed by atoms with Crippen LogP contribution in [0, 0.1) is 0 Å². The van der Waals surface area contributed by atoms with Crippen LogP contribution in [0.15, 0.2) is 0 Å². The number of hydrogen-bond acceptors (Lipinski definition) is 10. The number of aliphatic hydroxyl groups excluding tert-OH is 1. The van der Waals surface area contributed by atoms with Crippen molar-refractivity contribution in [1.82, 2.24) is 30.9 Å². The van der Waals surface area contributed by atoms with Gasteiger partial charge in [0.25, 0.3) is 0 Å². The van der Waals surface area contributed by atoms with E-state index in [1.165, 1.54) is 0 Å². The Morgan fingerprint density at radius 3 is 1.22 bits per heavy atom. The van der Waals surface area contributed by atoms with Crippen molar-refractivity contribution in [2.75, 3.05) is 22.3 Å². The molecular formula is C31H59N9O. The number of piperidine rings is 3. The molecule has 0 aliphatic carbocycles. The third-order valence-electron chi connectivity index (χ3n) is 8.69. The monoisotopic (exact) mass is 573 g/mol. The second kappa shape index (κ2) is 10.8. The molecule has 4 heterocycles. The number of aromatic nitrogens is 3. The minimum absolute atomic E-state index is 0.00792. The van der Waals surface area contributed by atoms with E-state index in [4.69, 9.17) is 15.0 Å². The van der Waals surface area contributed by atoms with Crippen LogP contribution < -0.4 is 31.5 Å². The van der Waals surface area contributed by atoms with Crippen LogP contribution in [-0.2, 0) is 0 Å². The average molecular weight is 574 g/mol. The molecule has 0 radical (unpaired) electrons. The molecule has 3 aliphatic rings. The Bertz CT molecular complexity index is 975. The molecule has 0 aromatic carbocycles. The van der Waals surface area contributed by atoms with Gasteiger partial charge in [-0.25, -0.2) is 0 Å². The van der Waals surface area contributed by atoms with Crippen LogP contribution in [0.3, 0.4) is 0 Å². The van der Waals surface area contributed by atoms with Crippen LogP contribution >= 0.6 is 0 Å². The van der Waals surface area contributed by atoms with Crippen LogP contribution in [0.4, 0.5) is 17.8 Å². The predicted octanol–water partition coefficient (Wildman–Crippen LogP) is 4.38. The molecule has 0 atom stereocenters. The van der Waals surface area contributed by atoms with E-state index in [9.17, 15) is 5.11 Å². The standard InChI is InChI=1S/C31H59N9O/c1-26(2)13-20(14-27(3,4)37-26)32-23-34-24(33-21-15-28(5,6)38-29(7,8)16-21)36-25(35-23)40(19-41)22-17-30(9,10)39-31(11,12)18-22/h20-22,37-39,41H,13-19H2,1-12H3,(H2,32,33,34,35,36). The van der Waals surface area contributed by atoms with Gasteiger partial charge in [0.15, 0.2) is 0 Å². The quantitative estimate of drug-likeness (QED) is 0.262. The van der Waals surface area contributed by atoms with Crippen molar-refractivity contribution in [1.29, 1.82) is 0 Å². The van der Waals surface area contributed by atoms with E-state index in [2.05, 4.69) is 110 Å². The number of hydrogen-bond donors (Lipinski definition) is 6. The number of anilines is 3. The molecule has 3 fully saturated rings. The Morgan fingerprint density at radius 2 is 0.902 bits per heavy atom. The van der Waals surface area contributed by atoms with E-state index in [0.717, 1.165) is 38.5 Å². The zero-order valence-corrected chi connectivity index (χ0v) is 27.9. The zero-order chi connectivity index (χ0) is 30.6. The largest absolute Gasteiger partial charge is 0.376 e. The predicted molar refractivity (Wildman–Crippen MR) is 170 cm³/mol. The van der Waals surface area contributed by atoms with Gasteiger partial charge in [-0.15, -0.1) is 0 Å². The Morgan fingerprint density at radius 1 is 0.585 bits per heavy atom. The fourth-order valence-corrected chi connectivity index (χ4v) is 8.67. The summed E-state index contributed by atoms with van der Waals surface area (Å²) in [6.45, 7) is 26.8. The minimum atomic E-state index is -0.152. The Labute approximate surface area is 249 Å². The van der Waals surface area contributed by atoms with Gasteiger partial charge in [-0.3, -0.25) is 0 Å². The fourth-order valence-electron chi connectivity index (χ4n) is 8.67. The molecular weight excluding hydrogens is 514 g/mol. The SMILES string of the molecule is CC1(C)CC(Nc2nc(NC3CC(C)(C)NC(C)(C)C3)nc(N(CO)C3CC(C)(C)NC(C)(C)C3)n2)CC(C)(C)N1. The lowest BCUT2D eigenvalue weighted by atomic mass is 9.79. The summed E-state index contributed by atoms with van der Waals surface area (Å²) < 4.78 is 0. The van der Waals surface area contributed by atoms with Crippen LogP contribution in [-0.4, -0.2) is 78.1 Å². The summed E-state index contributed by atoms with van der Waals surface area (Å²) in [6.07, 6.45) is 5.58. The lowest BCUT2D eigenvalue weighted by molar-refractivity contribution is 0.144. The molecule has 4 rings (SSSR count). The molecule has 6 N–H and O–H groups in total. The number of aliphatic hydroxyl groups is 1. The number of nitrogens with zero attached hydrogens (tertiary/aromatic N) is 4. The topological polar surface area (TPSA) is 122 Å². The smallest absolute Gasteiger partial charge is 0.234 e. The maximum Gasteiger partial charge on any atom is 0.234 e. The lowest BCUT2D eigenvalue weighted by Crippen LogP contribution is -2.62. The van der Waals surface area contributed by atoms with Gasteiger partial charge in [-0.05, 0) is 122 Å². The molecule has 0 unspecified atom stereocenters. The highest BCUT2D eigenvalue weighted by molar-refractivity contribution is 5.46. The van der Waals surface area contributed by atoms with Crippen LogP contribution in [0.1, 0.15) is 122 Å². The summed E-state index contributed by atoms with van der Waals surface area (Å²) in [5.41, 5.74) is -0.183. The highest BCUT2D eigenvalue weighted by Gasteiger charge is 2.42. The minimum Gasteiger partial charge on any atom is -0.376 e. The summed E-state index contributed by atoms with van der Waals surface area (Å²) in [6, 6.07) is 0.503. The molecule has 10 heteroatoms. The average Bonchev–Trinajstić information content (AvgIpc) is 2.66. The maximum absolute atomic E-state index is 10.7. The highest BCUT2D eigenvalue weighted by Crippen LogP contribution is 2.35. The van der Waals surface area contributed by atoms with Gasteiger partial charge in [0.2, 0.25) is 17.8 Å². The molecule has 234 valence electrons. The second-order valence-corrected chi connectivity index (χ2v) is 17.1. The summed E-state index contributed by atoms with van der Waals surface area (Å²) in [5, 5.41) is 29.4. The first-order chi connectivity index (χ1) is 18.6. The fraction of sp³-hybridized carbons (Fsp3) is 0.903. The first-order valence-corrected chi connectivity index (χ1v) is 15.6. The van der Waals surface area contributed by atoms with Gasteiger partial charge in [0, 0.05) is 51.4 Å². The van der Waals surface area contributed by atoms with Crippen molar-refractivity contribution in [3.05, 3.63) is 0 Å². The van der Waals surface area contributed by atoms with Crippen LogP contribution in [0.5, 0.6) is 0 Å². The van der Waals surface area contributed by atoms with E-state index in [0.29, 0.717) is 17.8 Å². The first kappa shape index (κ1) is 32.2. The van der Waals surface area contributed by atoms with Crippen molar-refractivity contribution in [2.24, 2.45) is 0 Å². The van der Waals surface area contributed by atoms with E-state index in [1.54, 1.807) is 0 Å². The Kier molecular flexibility index (Phi) is 8.44. The molecule has 0 bridgehead atoms. The Hall–Kier alpha value is -1.75. The normalized spacial score (nSPS) is 27.2. The number of nitrogens with one attached hydrogen (secondary N) is 5. The summed E-state index contributed by atoms with van der Waals surface area (Å²) in [4.78, 5) is 16.8. The third-order valence-corrected chi connectivity index (χ3v) is 8.69. The molecule has 3 aliphatic heterocycles. The Balaban J connectivity index is 1.68. The molecule has 0 spiro atoms. The highest BCUT2D eigenvalue weighted by atomic mass is 16.3.